The summed E-state index contributed by atoms with van der Waals surface area (Å²) in [5, 5.41) is 12.2. The quantitative estimate of drug-likeness (QED) is 0.594. The van der Waals surface area contributed by atoms with Crippen LogP contribution in [-0.2, 0) is 6.54 Å². The fraction of sp³-hybridized carbons (Fsp3) is 0.0500. The van der Waals surface area contributed by atoms with Crippen LogP contribution in [0.15, 0.2) is 73.2 Å². The van der Waals surface area contributed by atoms with Crippen LogP contribution in [-0.4, -0.2) is 14.4 Å². The normalized spacial score (nSPS) is 10.4. The number of benzene rings is 2. The van der Waals surface area contributed by atoms with Gasteiger partial charge in [-0.2, -0.15) is 5.26 Å². The lowest BCUT2D eigenvalue weighted by atomic mass is 10.2. The van der Waals surface area contributed by atoms with E-state index in [4.69, 9.17) is 10.00 Å². The van der Waals surface area contributed by atoms with Crippen LogP contribution >= 0.6 is 0 Å². The van der Waals surface area contributed by atoms with E-state index in [9.17, 15) is 0 Å². The van der Waals surface area contributed by atoms with Crippen LogP contribution in [0.4, 0.5) is 5.69 Å². The second kappa shape index (κ2) is 6.95. The molecule has 26 heavy (non-hydrogen) atoms. The molecule has 0 aliphatic rings. The molecule has 0 fully saturated rings. The minimum absolute atomic E-state index is 0.587. The van der Waals surface area contributed by atoms with Crippen LogP contribution in [0.5, 0.6) is 11.5 Å². The van der Waals surface area contributed by atoms with Gasteiger partial charge in [-0.15, -0.1) is 0 Å². The van der Waals surface area contributed by atoms with Gasteiger partial charge in [-0.25, -0.2) is 9.97 Å². The molecule has 6 heteroatoms. The largest absolute Gasteiger partial charge is 0.457 e. The molecule has 126 valence electrons. The molecule has 0 radical (unpaired) electrons. The van der Waals surface area contributed by atoms with Gasteiger partial charge in [0.25, 0.3) is 0 Å². The zero-order valence-electron chi connectivity index (χ0n) is 13.8. The van der Waals surface area contributed by atoms with Crippen LogP contribution in [0.3, 0.4) is 0 Å². The highest BCUT2D eigenvalue weighted by atomic mass is 16.5. The minimum Gasteiger partial charge on any atom is -0.457 e. The molecule has 0 bridgehead atoms. The number of imidazole rings is 1. The van der Waals surface area contributed by atoms with Crippen molar-refractivity contribution in [1.82, 2.24) is 14.4 Å². The van der Waals surface area contributed by atoms with Gasteiger partial charge < -0.3 is 10.1 Å². The lowest BCUT2D eigenvalue weighted by Gasteiger charge is -2.09. The number of nitrogens with zero attached hydrogens (tertiary/aromatic N) is 4. The fourth-order valence-corrected chi connectivity index (χ4v) is 2.56. The third-order valence-corrected chi connectivity index (χ3v) is 3.81. The number of rotatable bonds is 5. The molecule has 4 aromatic rings. The van der Waals surface area contributed by atoms with Crippen molar-refractivity contribution in [1.29, 1.82) is 5.26 Å². The zero-order valence-corrected chi connectivity index (χ0v) is 13.8. The third kappa shape index (κ3) is 3.47. The summed E-state index contributed by atoms with van der Waals surface area (Å²) in [5.74, 6) is 2.09. The predicted octanol–water partition coefficient (Wildman–Crippen LogP) is 4.01. The predicted molar refractivity (Wildman–Crippen MR) is 98.0 cm³/mol. The SMILES string of the molecule is N#Cc1ccc(Oc2cccc(NCc3cn4cccnc4n3)c2)cc1. The summed E-state index contributed by atoms with van der Waals surface area (Å²) in [7, 11) is 0. The molecule has 2 aromatic carbocycles. The van der Waals surface area contributed by atoms with Crippen LogP contribution in [0.1, 0.15) is 11.3 Å². The summed E-state index contributed by atoms with van der Waals surface area (Å²) in [4.78, 5) is 8.68. The van der Waals surface area contributed by atoms with E-state index in [0.29, 0.717) is 23.6 Å². The average molecular weight is 341 g/mol. The molecule has 1 N–H and O–H groups in total. The molecule has 2 aromatic heterocycles. The Hall–Kier alpha value is -3.85. The highest BCUT2D eigenvalue weighted by molar-refractivity contribution is 5.49. The van der Waals surface area contributed by atoms with Gasteiger partial charge in [0.15, 0.2) is 0 Å². The molecule has 0 saturated heterocycles. The van der Waals surface area contributed by atoms with Gasteiger partial charge in [-0.3, -0.25) is 4.40 Å². The van der Waals surface area contributed by atoms with Crippen LogP contribution in [0, 0.1) is 11.3 Å². The molecular formula is C20H15N5O. The fourth-order valence-electron chi connectivity index (χ4n) is 2.56. The summed E-state index contributed by atoms with van der Waals surface area (Å²) in [6.07, 6.45) is 5.60. The van der Waals surface area contributed by atoms with Crippen molar-refractivity contribution in [2.45, 2.75) is 6.54 Å². The number of hydrogen-bond donors (Lipinski definition) is 1. The number of nitriles is 1. The number of fused-ring (bicyclic) bond motifs is 1. The van der Waals surface area contributed by atoms with E-state index < -0.39 is 0 Å². The molecule has 4 rings (SSSR count). The maximum Gasteiger partial charge on any atom is 0.233 e. The second-order valence-corrected chi connectivity index (χ2v) is 5.68. The highest BCUT2D eigenvalue weighted by Gasteiger charge is 2.03. The Labute approximate surface area is 150 Å². The first-order valence-electron chi connectivity index (χ1n) is 8.11. The van der Waals surface area contributed by atoms with Crippen molar-refractivity contribution in [2.24, 2.45) is 0 Å². The first-order valence-corrected chi connectivity index (χ1v) is 8.11. The molecule has 0 aliphatic carbocycles. The lowest BCUT2D eigenvalue weighted by Crippen LogP contribution is -1.99. The number of anilines is 1. The summed E-state index contributed by atoms with van der Waals surface area (Å²) in [5.41, 5.74) is 2.44. The van der Waals surface area contributed by atoms with E-state index >= 15 is 0 Å². The molecule has 0 unspecified atom stereocenters. The van der Waals surface area contributed by atoms with Crippen LogP contribution in [0.2, 0.25) is 0 Å². The molecule has 6 nitrogen and oxygen atoms in total. The second-order valence-electron chi connectivity index (χ2n) is 5.68. The summed E-state index contributed by atoms with van der Waals surface area (Å²) in [6, 6.07) is 18.7. The van der Waals surface area contributed by atoms with Crippen molar-refractivity contribution in [3.05, 3.63) is 84.4 Å². The molecule has 0 atom stereocenters. The van der Waals surface area contributed by atoms with Gasteiger partial charge in [0.05, 0.1) is 23.9 Å². The van der Waals surface area contributed by atoms with Crippen LogP contribution < -0.4 is 10.1 Å². The molecular weight excluding hydrogens is 326 g/mol. The van der Waals surface area contributed by atoms with Crippen molar-refractivity contribution < 1.29 is 4.74 Å². The summed E-state index contributed by atoms with van der Waals surface area (Å²) >= 11 is 0. The smallest absolute Gasteiger partial charge is 0.233 e. The standard InChI is InChI=1S/C20H15N5O/c21-12-15-5-7-18(8-6-15)26-19-4-1-3-16(11-19)23-13-17-14-25-10-2-9-22-20(25)24-17/h1-11,14,23H,13H2. The van der Waals surface area contributed by atoms with Crippen molar-refractivity contribution >= 4 is 11.5 Å². The van der Waals surface area contributed by atoms with Gasteiger partial charge in [0.1, 0.15) is 11.5 Å². The Bertz CT molecular complexity index is 1050. The Balaban J connectivity index is 1.44. The monoisotopic (exact) mass is 341 g/mol. The van der Waals surface area contributed by atoms with E-state index in [1.807, 2.05) is 47.1 Å². The van der Waals surface area contributed by atoms with Gasteiger partial charge >= 0.3 is 0 Å². The highest BCUT2D eigenvalue weighted by Crippen LogP contribution is 2.24. The minimum atomic E-state index is 0.587. The van der Waals surface area contributed by atoms with E-state index in [0.717, 1.165) is 17.1 Å². The number of aromatic nitrogens is 3. The van der Waals surface area contributed by atoms with E-state index in [1.165, 1.54) is 0 Å². The number of ether oxygens (including phenoxy) is 1. The lowest BCUT2D eigenvalue weighted by molar-refractivity contribution is 0.483. The molecule has 0 aliphatic heterocycles. The molecule has 0 saturated carbocycles. The first-order chi connectivity index (χ1) is 12.8. The van der Waals surface area contributed by atoms with Gasteiger partial charge in [-0.1, -0.05) is 6.07 Å². The summed E-state index contributed by atoms with van der Waals surface area (Å²) in [6.45, 7) is 0.587. The molecule has 2 heterocycles. The zero-order chi connectivity index (χ0) is 17.8. The number of hydrogen-bond acceptors (Lipinski definition) is 5. The van der Waals surface area contributed by atoms with E-state index in [-0.39, 0.29) is 0 Å². The molecule has 0 amide bonds. The van der Waals surface area contributed by atoms with E-state index in [1.54, 1.807) is 30.5 Å². The van der Waals surface area contributed by atoms with Crippen molar-refractivity contribution in [2.75, 3.05) is 5.32 Å². The Morgan fingerprint density at radius 3 is 2.77 bits per heavy atom. The van der Waals surface area contributed by atoms with Crippen molar-refractivity contribution in [3.63, 3.8) is 0 Å². The maximum atomic E-state index is 8.84. The van der Waals surface area contributed by atoms with Gasteiger partial charge in [-0.05, 0) is 42.5 Å². The van der Waals surface area contributed by atoms with Crippen molar-refractivity contribution in [3.8, 4) is 17.6 Å². The Morgan fingerprint density at radius 2 is 1.96 bits per heavy atom. The number of nitrogens with one attached hydrogen (secondary N) is 1. The van der Waals surface area contributed by atoms with Crippen LogP contribution in [0.25, 0.3) is 5.78 Å². The van der Waals surface area contributed by atoms with E-state index in [2.05, 4.69) is 21.4 Å². The Kier molecular flexibility index (Phi) is 4.19. The maximum absolute atomic E-state index is 8.84. The van der Waals surface area contributed by atoms with Gasteiger partial charge in [0, 0.05) is 30.3 Å². The average Bonchev–Trinajstić information content (AvgIpc) is 3.10. The summed E-state index contributed by atoms with van der Waals surface area (Å²) < 4.78 is 7.73. The van der Waals surface area contributed by atoms with Gasteiger partial charge in [0.2, 0.25) is 5.78 Å². The first kappa shape index (κ1) is 15.7. The Morgan fingerprint density at radius 1 is 1.08 bits per heavy atom. The topological polar surface area (TPSA) is 75.2 Å². The third-order valence-electron chi connectivity index (χ3n) is 3.81. The molecule has 0 spiro atoms.